The number of aromatic hydroxyl groups is 1. The Bertz CT molecular complexity index is 1260. The Hall–Kier alpha value is -3.26. The molecule has 31 heavy (non-hydrogen) atoms. The third-order valence-corrected chi connectivity index (χ3v) is 6.70. The number of rotatable bonds is 4. The van der Waals surface area contributed by atoms with Crippen molar-refractivity contribution in [2.24, 2.45) is 15.2 Å². The molecule has 156 valence electrons. The maximum atomic E-state index is 12.8. The summed E-state index contributed by atoms with van der Waals surface area (Å²) in [6, 6.07) is 13.2. The van der Waals surface area contributed by atoms with Gasteiger partial charge in [-0.15, -0.1) is 10.2 Å². The van der Waals surface area contributed by atoms with Crippen molar-refractivity contribution in [3.05, 3.63) is 59.2 Å². The van der Waals surface area contributed by atoms with Crippen LogP contribution in [0.15, 0.2) is 57.7 Å². The third kappa shape index (κ3) is 3.90. The van der Waals surface area contributed by atoms with Gasteiger partial charge >= 0.3 is 0 Å². The van der Waals surface area contributed by atoms with E-state index in [9.17, 15) is 14.7 Å². The van der Waals surface area contributed by atoms with Crippen molar-refractivity contribution in [1.82, 2.24) is 4.98 Å². The van der Waals surface area contributed by atoms with Gasteiger partial charge in [0.1, 0.15) is 5.25 Å². The van der Waals surface area contributed by atoms with Crippen molar-refractivity contribution in [3.8, 4) is 5.88 Å². The molecule has 7 nitrogen and oxygen atoms in total. The fraction of sp³-hybridized carbons (Fsp3) is 0.261. The highest BCUT2D eigenvalue weighted by Crippen LogP contribution is 2.36. The largest absolute Gasteiger partial charge is 0.493 e. The summed E-state index contributed by atoms with van der Waals surface area (Å²) in [5.74, 6) is -0.547. The lowest BCUT2D eigenvalue weighted by atomic mass is 9.89. The zero-order chi connectivity index (χ0) is 21.4. The summed E-state index contributed by atoms with van der Waals surface area (Å²) in [5, 5.41) is 18.5. The number of para-hydroxylation sites is 1. The standard InChI is InChI=1S/C23H20N4O3S/c28-18(15-10-9-13-5-1-2-6-14(13)11-15)12-19-21(29)25-23(31-19)27-26-20-16-7-3-4-8-17(16)24-22(20)30/h3-4,7-11,19,24,30H,1-2,5-6,12H2. The van der Waals surface area contributed by atoms with Gasteiger partial charge in [0.25, 0.3) is 5.91 Å². The van der Waals surface area contributed by atoms with Crippen LogP contribution in [0.4, 0.5) is 5.69 Å². The molecule has 2 aromatic carbocycles. The fourth-order valence-electron chi connectivity index (χ4n) is 4.05. The molecule has 1 aromatic heterocycles. The van der Waals surface area contributed by atoms with E-state index in [-0.39, 0.29) is 29.2 Å². The summed E-state index contributed by atoms with van der Waals surface area (Å²) in [7, 11) is 0. The predicted octanol–water partition coefficient (Wildman–Crippen LogP) is 5.11. The van der Waals surface area contributed by atoms with Crippen molar-refractivity contribution in [1.29, 1.82) is 0 Å². The highest BCUT2D eigenvalue weighted by Gasteiger charge is 2.31. The van der Waals surface area contributed by atoms with Gasteiger partial charge in [0.2, 0.25) is 11.0 Å². The molecule has 2 heterocycles. The summed E-state index contributed by atoms with van der Waals surface area (Å²) in [6.45, 7) is 0. The number of carbonyl (C=O) groups is 2. The van der Waals surface area contributed by atoms with E-state index in [1.54, 1.807) is 0 Å². The lowest BCUT2D eigenvalue weighted by Crippen LogP contribution is -2.16. The Morgan fingerprint density at radius 3 is 2.81 bits per heavy atom. The first kappa shape index (κ1) is 19.7. The summed E-state index contributed by atoms with van der Waals surface area (Å²) >= 11 is 1.13. The predicted molar refractivity (Wildman–Crippen MR) is 120 cm³/mol. The Morgan fingerprint density at radius 1 is 1.13 bits per heavy atom. The van der Waals surface area contributed by atoms with E-state index in [1.165, 1.54) is 17.5 Å². The van der Waals surface area contributed by atoms with Crippen LogP contribution in [0.25, 0.3) is 10.9 Å². The van der Waals surface area contributed by atoms with Gasteiger partial charge in [-0.2, -0.15) is 4.99 Å². The number of Topliss-reactive ketones (excluding diaryl/α,β-unsaturated/α-hetero) is 1. The molecule has 3 aromatic rings. The average molecular weight is 433 g/mol. The van der Waals surface area contributed by atoms with E-state index in [2.05, 4.69) is 20.2 Å². The Kier molecular flexibility index (Phi) is 5.15. The van der Waals surface area contributed by atoms with E-state index in [4.69, 9.17) is 0 Å². The number of aromatic amines is 1. The Labute approximate surface area is 182 Å². The van der Waals surface area contributed by atoms with E-state index in [0.29, 0.717) is 11.3 Å². The molecule has 1 amide bonds. The van der Waals surface area contributed by atoms with Gasteiger partial charge in [0.15, 0.2) is 11.5 Å². The number of nitrogens with one attached hydrogen (secondary N) is 1. The molecular weight excluding hydrogens is 412 g/mol. The summed E-state index contributed by atoms with van der Waals surface area (Å²) < 4.78 is 0. The number of nitrogens with zero attached hydrogens (tertiary/aromatic N) is 3. The number of fused-ring (bicyclic) bond motifs is 2. The monoisotopic (exact) mass is 432 g/mol. The lowest BCUT2D eigenvalue weighted by molar-refractivity contribution is -0.117. The Balaban J connectivity index is 1.27. The Morgan fingerprint density at radius 2 is 1.94 bits per heavy atom. The van der Waals surface area contributed by atoms with Gasteiger partial charge in [0, 0.05) is 17.4 Å². The van der Waals surface area contributed by atoms with Crippen LogP contribution in [0.2, 0.25) is 0 Å². The first-order valence-corrected chi connectivity index (χ1v) is 11.1. The molecule has 0 bridgehead atoms. The number of thioether (sulfide) groups is 1. The highest BCUT2D eigenvalue weighted by atomic mass is 32.2. The number of ketones is 1. The second kappa shape index (κ2) is 8.11. The van der Waals surface area contributed by atoms with Crippen LogP contribution in [-0.2, 0) is 17.6 Å². The molecule has 1 unspecified atom stereocenters. The molecule has 0 radical (unpaired) electrons. The lowest BCUT2D eigenvalue weighted by Gasteiger charge is -2.16. The minimum Gasteiger partial charge on any atom is -0.493 e. The van der Waals surface area contributed by atoms with E-state index in [0.717, 1.165) is 41.9 Å². The summed E-state index contributed by atoms with van der Waals surface area (Å²) in [5.41, 5.74) is 4.24. The third-order valence-electron chi connectivity index (χ3n) is 5.67. The number of aliphatic imine (C=N–C) groups is 1. The normalized spacial score (nSPS) is 18.5. The number of aryl methyl sites for hydroxylation is 2. The molecule has 1 aliphatic carbocycles. The SMILES string of the molecule is O=C(CC1SC(N=Nc2c(O)[nH]c3ccccc23)=NC1=O)c1ccc2c(c1)CCCC2. The van der Waals surface area contributed by atoms with Gasteiger partial charge in [0.05, 0.1) is 5.52 Å². The van der Waals surface area contributed by atoms with Crippen LogP contribution in [0.1, 0.15) is 40.7 Å². The molecule has 0 spiro atoms. The molecule has 8 heteroatoms. The van der Waals surface area contributed by atoms with Crippen molar-refractivity contribution in [3.63, 3.8) is 0 Å². The molecule has 1 atom stereocenters. The first-order valence-electron chi connectivity index (χ1n) is 10.2. The van der Waals surface area contributed by atoms with Crippen molar-refractivity contribution >= 4 is 45.2 Å². The molecule has 0 saturated heterocycles. The van der Waals surface area contributed by atoms with Crippen LogP contribution in [0, 0.1) is 0 Å². The second-order valence-corrected chi connectivity index (χ2v) is 8.89. The minimum atomic E-state index is -0.603. The van der Waals surface area contributed by atoms with Crippen LogP contribution < -0.4 is 0 Å². The zero-order valence-corrected chi connectivity index (χ0v) is 17.5. The topological polar surface area (TPSA) is 107 Å². The van der Waals surface area contributed by atoms with Crippen LogP contribution in [0.5, 0.6) is 5.88 Å². The number of hydrogen-bond acceptors (Lipinski definition) is 6. The highest BCUT2D eigenvalue weighted by molar-refractivity contribution is 8.15. The van der Waals surface area contributed by atoms with E-state index < -0.39 is 5.25 Å². The molecule has 0 saturated carbocycles. The number of H-pyrrole nitrogens is 1. The summed E-state index contributed by atoms with van der Waals surface area (Å²) in [4.78, 5) is 31.8. The second-order valence-electron chi connectivity index (χ2n) is 7.72. The van der Waals surface area contributed by atoms with E-state index in [1.807, 2.05) is 42.5 Å². The van der Waals surface area contributed by atoms with Crippen molar-refractivity contribution in [2.75, 3.05) is 0 Å². The molecule has 5 rings (SSSR count). The molecule has 2 N–H and O–H groups in total. The smallest absolute Gasteiger partial charge is 0.262 e. The van der Waals surface area contributed by atoms with Gasteiger partial charge in [-0.3, -0.25) is 9.59 Å². The number of carbonyl (C=O) groups excluding carboxylic acids is 2. The maximum Gasteiger partial charge on any atom is 0.262 e. The number of aromatic nitrogens is 1. The number of amidine groups is 1. The van der Waals surface area contributed by atoms with Gasteiger partial charge in [-0.1, -0.05) is 42.1 Å². The minimum absolute atomic E-state index is 0.0677. The number of amides is 1. The van der Waals surface area contributed by atoms with Crippen LogP contribution in [-0.4, -0.2) is 32.2 Å². The summed E-state index contributed by atoms with van der Waals surface area (Å²) in [6.07, 6.45) is 4.48. The first-order chi connectivity index (χ1) is 15.1. The van der Waals surface area contributed by atoms with Crippen LogP contribution in [0.3, 0.4) is 0 Å². The average Bonchev–Trinajstić information content (AvgIpc) is 3.29. The van der Waals surface area contributed by atoms with Crippen molar-refractivity contribution in [2.45, 2.75) is 37.4 Å². The van der Waals surface area contributed by atoms with Gasteiger partial charge < -0.3 is 10.1 Å². The van der Waals surface area contributed by atoms with E-state index >= 15 is 0 Å². The molecule has 0 fully saturated rings. The number of hydrogen-bond donors (Lipinski definition) is 2. The fourth-order valence-corrected chi connectivity index (χ4v) is 4.92. The van der Waals surface area contributed by atoms with Gasteiger partial charge in [-0.05, 0) is 48.9 Å². The molecule has 1 aliphatic heterocycles. The maximum absolute atomic E-state index is 12.8. The van der Waals surface area contributed by atoms with Crippen LogP contribution >= 0.6 is 11.8 Å². The number of azo groups is 1. The molecular formula is C23H20N4O3S. The van der Waals surface area contributed by atoms with Crippen molar-refractivity contribution < 1.29 is 14.7 Å². The number of benzene rings is 2. The molecule has 2 aliphatic rings. The van der Waals surface area contributed by atoms with Gasteiger partial charge in [-0.25, -0.2) is 0 Å². The quantitative estimate of drug-likeness (QED) is 0.441. The zero-order valence-electron chi connectivity index (χ0n) is 16.7.